The van der Waals surface area contributed by atoms with Crippen molar-refractivity contribution in [3.05, 3.63) is 0 Å². The zero-order valence-corrected chi connectivity index (χ0v) is 12.0. The molecule has 1 rings (SSSR count). The van der Waals surface area contributed by atoms with Gasteiger partial charge in [-0.3, -0.25) is 14.5 Å². The smallest absolute Gasteiger partial charge is 0.233 e. The first-order valence-electron chi connectivity index (χ1n) is 7.01. The fraction of sp³-hybridized carbons (Fsp3) is 0.846. The number of piperazine rings is 1. The van der Waals surface area contributed by atoms with Gasteiger partial charge in [0.2, 0.25) is 11.8 Å². The molecule has 110 valence electrons. The first-order valence-corrected chi connectivity index (χ1v) is 7.01. The lowest BCUT2D eigenvalue weighted by molar-refractivity contribution is -0.134. The van der Waals surface area contributed by atoms with E-state index < -0.39 is 0 Å². The van der Waals surface area contributed by atoms with Gasteiger partial charge in [0.25, 0.3) is 0 Å². The second-order valence-corrected chi connectivity index (χ2v) is 5.04. The fourth-order valence-electron chi connectivity index (χ4n) is 2.21. The van der Waals surface area contributed by atoms with Crippen molar-refractivity contribution < 1.29 is 9.59 Å². The predicted octanol–water partition coefficient (Wildman–Crippen LogP) is -0.748. The number of amides is 2. The Balaban J connectivity index is 2.32. The predicted molar refractivity (Wildman–Crippen MR) is 74.5 cm³/mol. The van der Waals surface area contributed by atoms with E-state index >= 15 is 0 Å². The maximum Gasteiger partial charge on any atom is 0.233 e. The highest BCUT2D eigenvalue weighted by Crippen LogP contribution is 2.11. The lowest BCUT2D eigenvalue weighted by atomic mass is 10.0. The number of nitrogens with one attached hydrogen (secondary N) is 1. The molecule has 0 radical (unpaired) electrons. The van der Waals surface area contributed by atoms with Gasteiger partial charge in [-0.2, -0.15) is 0 Å². The lowest BCUT2D eigenvalue weighted by Crippen LogP contribution is -2.51. The van der Waals surface area contributed by atoms with Crippen molar-refractivity contribution in [3.8, 4) is 0 Å². The third kappa shape index (κ3) is 5.16. The molecule has 19 heavy (non-hydrogen) atoms. The Bertz CT molecular complexity index is 297. The number of likely N-dealkylation sites (N-methyl/N-ethyl adjacent to an activating group) is 1. The summed E-state index contributed by atoms with van der Waals surface area (Å²) in [5.74, 6) is 0.502. The number of hydrogen-bond acceptors (Lipinski definition) is 4. The van der Waals surface area contributed by atoms with E-state index in [4.69, 9.17) is 5.73 Å². The van der Waals surface area contributed by atoms with Crippen molar-refractivity contribution in [1.82, 2.24) is 15.1 Å². The van der Waals surface area contributed by atoms with Gasteiger partial charge in [-0.05, 0) is 12.5 Å². The van der Waals surface area contributed by atoms with Crippen LogP contribution in [0.15, 0.2) is 0 Å². The van der Waals surface area contributed by atoms with Gasteiger partial charge in [0.1, 0.15) is 0 Å². The van der Waals surface area contributed by atoms with Crippen LogP contribution in [0, 0.1) is 5.92 Å². The number of carbonyl (C=O) groups excluding carboxylic acids is 2. The van der Waals surface area contributed by atoms with Gasteiger partial charge in [0.15, 0.2) is 0 Å². The van der Waals surface area contributed by atoms with Gasteiger partial charge in [0, 0.05) is 39.6 Å². The zero-order chi connectivity index (χ0) is 14.3. The molecule has 6 nitrogen and oxygen atoms in total. The Hall–Kier alpha value is -1.14. The van der Waals surface area contributed by atoms with Crippen LogP contribution in [0.3, 0.4) is 0 Å². The summed E-state index contributed by atoms with van der Waals surface area (Å²) in [5.41, 5.74) is 5.63. The van der Waals surface area contributed by atoms with Crippen LogP contribution in [-0.2, 0) is 9.59 Å². The topological polar surface area (TPSA) is 78.7 Å². The van der Waals surface area contributed by atoms with Crippen LogP contribution in [0.2, 0.25) is 0 Å². The molecule has 3 N–H and O–H groups in total. The van der Waals surface area contributed by atoms with Crippen LogP contribution >= 0.6 is 0 Å². The van der Waals surface area contributed by atoms with Crippen molar-refractivity contribution in [2.45, 2.75) is 19.8 Å². The first-order chi connectivity index (χ1) is 9.10. The number of nitrogens with two attached hydrogens (primary N) is 1. The SMILES string of the molecule is CCC(CN)CC(=O)N1CCN(CC(=O)NC)CC1. The molecular formula is C13H26N4O2. The van der Waals surface area contributed by atoms with Crippen molar-refractivity contribution in [2.24, 2.45) is 11.7 Å². The Morgan fingerprint density at radius 2 is 1.89 bits per heavy atom. The highest BCUT2D eigenvalue weighted by molar-refractivity contribution is 5.78. The van der Waals surface area contributed by atoms with Crippen LogP contribution in [0.1, 0.15) is 19.8 Å². The van der Waals surface area contributed by atoms with Gasteiger partial charge in [-0.1, -0.05) is 13.3 Å². The summed E-state index contributed by atoms with van der Waals surface area (Å²) in [6.07, 6.45) is 1.49. The molecule has 0 aromatic rings. The third-order valence-electron chi connectivity index (χ3n) is 3.75. The molecule has 1 saturated heterocycles. The van der Waals surface area contributed by atoms with E-state index in [1.807, 2.05) is 4.90 Å². The molecule has 0 spiro atoms. The fourth-order valence-corrected chi connectivity index (χ4v) is 2.21. The molecule has 1 aliphatic rings. The molecule has 6 heteroatoms. The Labute approximate surface area is 115 Å². The molecule has 2 amide bonds. The molecule has 1 atom stereocenters. The van der Waals surface area contributed by atoms with Crippen LogP contribution < -0.4 is 11.1 Å². The summed E-state index contributed by atoms with van der Waals surface area (Å²) in [4.78, 5) is 27.3. The van der Waals surface area contributed by atoms with Crippen molar-refractivity contribution in [2.75, 3.05) is 46.3 Å². The van der Waals surface area contributed by atoms with Crippen molar-refractivity contribution in [3.63, 3.8) is 0 Å². The van der Waals surface area contributed by atoms with Gasteiger partial charge >= 0.3 is 0 Å². The van der Waals surface area contributed by atoms with Crippen LogP contribution in [0.5, 0.6) is 0 Å². The molecule has 0 bridgehead atoms. The highest BCUT2D eigenvalue weighted by atomic mass is 16.2. The van der Waals surface area contributed by atoms with Crippen LogP contribution in [0.4, 0.5) is 0 Å². The van der Waals surface area contributed by atoms with E-state index in [0.29, 0.717) is 32.6 Å². The minimum Gasteiger partial charge on any atom is -0.358 e. The quantitative estimate of drug-likeness (QED) is 0.666. The van der Waals surface area contributed by atoms with Crippen molar-refractivity contribution in [1.29, 1.82) is 0 Å². The summed E-state index contributed by atoms with van der Waals surface area (Å²) in [6.45, 7) is 5.98. The van der Waals surface area contributed by atoms with Gasteiger partial charge in [-0.15, -0.1) is 0 Å². The maximum absolute atomic E-state index is 12.1. The maximum atomic E-state index is 12.1. The first kappa shape index (κ1) is 15.9. The summed E-state index contributed by atoms with van der Waals surface area (Å²) in [6, 6.07) is 0. The molecule has 0 saturated carbocycles. The number of carbonyl (C=O) groups is 2. The molecule has 1 aliphatic heterocycles. The van der Waals surface area contributed by atoms with E-state index in [0.717, 1.165) is 19.5 Å². The van der Waals surface area contributed by atoms with E-state index in [2.05, 4.69) is 17.1 Å². The zero-order valence-electron chi connectivity index (χ0n) is 12.0. The Morgan fingerprint density at radius 3 is 2.37 bits per heavy atom. The molecule has 1 heterocycles. The number of hydrogen-bond donors (Lipinski definition) is 2. The summed E-state index contributed by atoms with van der Waals surface area (Å²) in [5, 5.41) is 2.61. The van der Waals surface area contributed by atoms with Gasteiger partial charge in [-0.25, -0.2) is 0 Å². The molecule has 1 unspecified atom stereocenters. The summed E-state index contributed by atoms with van der Waals surface area (Å²) < 4.78 is 0. The summed E-state index contributed by atoms with van der Waals surface area (Å²) >= 11 is 0. The molecule has 0 aliphatic carbocycles. The number of nitrogens with zero attached hydrogens (tertiary/aromatic N) is 2. The molecule has 1 fully saturated rings. The van der Waals surface area contributed by atoms with E-state index in [9.17, 15) is 9.59 Å². The van der Waals surface area contributed by atoms with Crippen molar-refractivity contribution >= 4 is 11.8 Å². The molecule has 0 aromatic heterocycles. The van der Waals surface area contributed by atoms with E-state index in [1.54, 1.807) is 7.05 Å². The average Bonchev–Trinajstić information content (AvgIpc) is 2.45. The number of rotatable bonds is 6. The Morgan fingerprint density at radius 1 is 1.26 bits per heavy atom. The largest absolute Gasteiger partial charge is 0.358 e. The van der Waals surface area contributed by atoms with E-state index in [1.165, 1.54) is 0 Å². The summed E-state index contributed by atoms with van der Waals surface area (Å²) in [7, 11) is 1.64. The molecular weight excluding hydrogens is 244 g/mol. The lowest BCUT2D eigenvalue weighted by Gasteiger charge is -2.34. The van der Waals surface area contributed by atoms with Crippen LogP contribution in [-0.4, -0.2) is 67.9 Å². The second-order valence-electron chi connectivity index (χ2n) is 5.04. The van der Waals surface area contributed by atoms with Gasteiger partial charge < -0.3 is 16.0 Å². The highest BCUT2D eigenvalue weighted by Gasteiger charge is 2.23. The minimum absolute atomic E-state index is 0.0222. The van der Waals surface area contributed by atoms with Gasteiger partial charge in [0.05, 0.1) is 6.54 Å². The standard InChI is InChI=1S/C13H26N4O2/c1-3-11(9-14)8-13(19)17-6-4-16(5-7-17)10-12(18)15-2/h11H,3-10,14H2,1-2H3,(H,15,18). The average molecular weight is 270 g/mol. The monoisotopic (exact) mass is 270 g/mol. The van der Waals surface area contributed by atoms with Crippen LogP contribution in [0.25, 0.3) is 0 Å². The Kier molecular flexibility index (Phi) is 6.80. The van der Waals surface area contributed by atoms with E-state index in [-0.39, 0.29) is 17.7 Å². The second kappa shape index (κ2) is 8.12. The third-order valence-corrected chi connectivity index (χ3v) is 3.75. The minimum atomic E-state index is 0.0222. The molecule has 0 aromatic carbocycles. The normalized spacial score (nSPS) is 18.2.